The van der Waals surface area contributed by atoms with E-state index in [2.05, 4.69) is 4.98 Å². The molecule has 3 heterocycles. The molecule has 0 fully saturated rings. The molecule has 0 amide bonds. The van der Waals surface area contributed by atoms with Crippen molar-refractivity contribution in [2.24, 2.45) is 0 Å². The summed E-state index contributed by atoms with van der Waals surface area (Å²) in [6, 6.07) is 9.05. The van der Waals surface area contributed by atoms with E-state index in [9.17, 15) is 4.79 Å². The van der Waals surface area contributed by atoms with Gasteiger partial charge in [0.1, 0.15) is 10.8 Å². The van der Waals surface area contributed by atoms with Gasteiger partial charge in [-0.1, -0.05) is 6.07 Å². The molecule has 0 saturated heterocycles. The molecule has 0 radical (unpaired) electrons. The second kappa shape index (κ2) is 6.02. The maximum Gasteiger partial charge on any atom is 0.317 e. The molecule has 0 aliphatic carbocycles. The summed E-state index contributed by atoms with van der Waals surface area (Å²) in [6.45, 7) is 0.192. The Balaban J connectivity index is 1.42. The molecule has 5 nitrogen and oxygen atoms in total. The predicted molar refractivity (Wildman–Crippen MR) is 87.3 cm³/mol. The fraction of sp³-hybridized carbons (Fsp3) is 0.125. The van der Waals surface area contributed by atoms with Crippen molar-refractivity contribution in [3.63, 3.8) is 0 Å². The molecule has 0 N–H and O–H groups in total. The molecule has 0 atom stereocenters. The Kier molecular flexibility index (Phi) is 3.72. The third kappa shape index (κ3) is 3.06. The Morgan fingerprint density at radius 3 is 3.00 bits per heavy atom. The van der Waals surface area contributed by atoms with Gasteiger partial charge in [-0.3, -0.25) is 4.79 Å². The first-order valence-corrected chi connectivity index (χ1v) is 8.62. The lowest BCUT2D eigenvalue weighted by Gasteiger charge is -2.04. The van der Waals surface area contributed by atoms with Crippen LogP contribution < -0.4 is 14.2 Å². The summed E-state index contributed by atoms with van der Waals surface area (Å²) in [5.41, 5.74) is 0.712. The van der Waals surface area contributed by atoms with Crippen LogP contribution in [0.3, 0.4) is 0 Å². The van der Waals surface area contributed by atoms with E-state index >= 15 is 0 Å². The van der Waals surface area contributed by atoms with Gasteiger partial charge >= 0.3 is 5.97 Å². The zero-order valence-corrected chi connectivity index (χ0v) is 13.5. The number of carbonyl (C=O) groups is 1. The second-order valence-corrected chi connectivity index (χ2v) is 6.59. The van der Waals surface area contributed by atoms with Crippen molar-refractivity contribution < 1.29 is 19.0 Å². The Hall–Kier alpha value is -2.38. The van der Waals surface area contributed by atoms with E-state index in [-0.39, 0.29) is 19.2 Å². The smallest absolute Gasteiger partial charge is 0.317 e. The number of ether oxygens (including phenoxy) is 3. The van der Waals surface area contributed by atoms with E-state index in [1.807, 2.05) is 22.9 Å². The number of esters is 1. The van der Waals surface area contributed by atoms with Crippen molar-refractivity contribution in [3.05, 3.63) is 46.8 Å². The van der Waals surface area contributed by atoms with Crippen LogP contribution in [0.1, 0.15) is 5.69 Å². The highest BCUT2D eigenvalue weighted by Gasteiger charge is 2.16. The van der Waals surface area contributed by atoms with Gasteiger partial charge in [-0.25, -0.2) is 4.98 Å². The van der Waals surface area contributed by atoms with Gasteiger partial charge in [0.15, 0.2) is 11.5 Å². The Bertz CT molecular complexity index is 842. The van der Waals surface area contributed by atoms with Crippen LogP contribution in [0, 0.1) is 0 Å². The first-order valence-electron chi connectivity index (χ1n) is 6.86. The van der Waals surface area contributed by atoms with Crippen molar-refractivity contribution in [2.75, 3.05) is 6.79 Å². The monoisotopic (exact) mass is 345 g/mol. The number of thiophene rings is 1. The van der Waals surface area contributed by atoms with E-state index in [4.69, 9.17) is 14.2 Å². The van der Waals surface area contributed by atoms with Crippen molar-refractivity contribution in [1.29, 1.82) is 0 Å². The number of nitrogens with zero attached hydrogens (tertiary/aromatic N) is 1. The minimum absolute atomic E-state index is 0.135. The van der Waals surface area contributed by atoms with E-state index in [0.717, 1.165) is 9.88 Å². The number of aromatic nitrogens is 1. The van der Waals surface area contributed by atoms with Gasteiger partial charge in [0, 0.05) is 11.4 Å². The Labute approximate surface area is 140 Å². The summed E-state index contributed by atoms with van der Waals surface area (Å²) < 4.78 is 15.8. The third-order valence-corrected chi connectivity index (χ3v) is 5.12. The van der Waals surface area contributed by atoms with Crippen molar-refractivity contribution >= 4 is 28.6 Å². The first-order chi connectivity index (χ1) is 11.3. The molecule has 0 bridgehead atoms. The number of hydrogen-bond acceptors (Lipinski definition) is 7. The average molecular weight is 345 g/mol. The van der Waals surface area contributed by atoms with Gasteiger partial charge in [-0.05, 0) is 23.6 Å². The molecule has 3 aromatic rings. The zero-order valence-electron chi connectivity index (χ0n) is 11.9. The maximum atomic E-state index is 12.1. The summed E-state index contributed by atoms with van der Waals surface area (Å²) in [5, 5.41) is 4.81. The number of thiazole rings is 1. The number of benzene rings is 1. The Morgan fingerprint density at radius 1 is 1.22 bits per heavy atom. The van der Waals surface area contributed by atoms with Crippen molar-refractivity contribution in [3.8, 4) is 27.1 Å². The fourth-order valence-corrected chi connectivity index (χ4v) is 3.79. The maximum absolute atomic E-state index is 12.1. The van der Waals surface area contributed by atoms with Gasteiger partial charge < -0.3 is 14.2 Å². The minimum atomic E-state index is -0.355. The summed E-state index contributed by atoms with van der Waals surface area (Å²) >= 11 is 3.16. The highest BCUT2D eigenvalue weighted by Crippen LogP contribution is 2.35. The normalized spacial score (nSPS) is 12.3. The molecule has 0 unspecified atom stereocenters. The van der Waals surface area contributed by atoms with Gasteiger partial charge in [0.25, 0.3) is 0 Å². The van der Waals surface area contributed by atoms with E-state index in [0.29, 0.717) is 22.9 Å². The lowest BCUT2D eigenvalue weighted by Crippen LogP contribution is -2.11. The number of carbonyl (C=O) groups excluding carboxylic acids is 1. The standard InChI is InChI=1S/C16H11NO4S2/c18-15(21-11-3-4-12-13(7-11)20-9-19-12)6-10-8-23-16(17-10)14-2-1-5-22-14/h1-5,7-8H,6,9H2. The highest BCUT2D eigenvalue weighted by molar-refractivity contribution is 7.20. The van der Waals surface area contributed by atoms with Crippen LogP contribution in [0.4, 0.5) is 0 Å². The quantitative estimate of drug-likeness (QED) is 0.532. The van der Waals surface area contributed by atoms with Crippen LogP contribution >= 0.6 is 22.7 Å². The van der Waals surface area contributed by atoms with Crippen LogP contribution in [0.2, 0.25) is 0 Å². The van der Waals surface area contributed by atoms with Gasteiger partial charge in [0.05, 0.1) is 17.0 Å². The SMILES string of the molecule is O=C(Cc1csc(-c2cccs2)n1)Oc1ccc2c(c1)OCO2. The van der Waals surface area contributed by atoms with Gasteiger partial charge in [0.2, 0.25) is 6.79 Å². The summed E-state index contributed by atoms with van der Waals surface area (Å²) in [7, 11) is 0. The molecule has 1 aromatic carbocycles. The number of fused-ring (bicyclic) bond motifs is 1. The van der Waals surface area contributed by atoms with Crippen LogP contribution in [0.25, 0.3) is 9.88 Å². The lowest BCUT2D eigenvalue weighted by atomic mass is 10.3. The molecular formula is C16H11NO4S2. The fourth-order valence-electron chi connectivity index (χ4n) is 2.16. The first kappa shape index (κ1) is 14.2. The summed E-state index contributed by atoms with van der Waals surface area (Å²) in [4.78, 5) is 17.6. The van der Waals surface area contributed by atoms with Crippen LogP contribution in [0.15, 0.2) is 41.1 Å². The van der Waals surface area contributed by atoms with Crippen LogP contribution in [0.5, 0.6) is 17.2 Å². The predicted octanol–water partition coefficient (Wildman–Crippen LogP) is 3.75. The van der Waals surface area contributed by atoms with Gasteiger partial charge in [-0.15, -0.1) is 22.7 Å². The zero-order chi connectivity index (χ0) is 15.6. The molecule has 0 saturated carbocycles. The summed E-state index contributed by atoms with van der Waals surface area (Å²) in [5.74, 6) is 1.33. The third-order valence-electron chi connectivity index (χ3n) is 3.18. The van der Waals surface area contributed by atoms with E-state index in [1.165, 1.54) is 11.3 Å². The second-order valence-electron chi connectivity index (χ2n) is 4.79. The van der Waals surface area contributed by atoms with Crippen molar-refractivity contribution in [1.82, 2.24) is 4.98 Å². The molecule has 1 aliphatic rings. The molecule has 2 aromatic heterocycles. The van der Waals surface area contributed by atoms with Gasteiger partial charge in [-0.2, -0.15) is 0 Å². The summed E-state index contributed by atoms with van der Waals surface area (Å²) in [6.07, 6.45) is 0.135. The Morgan fingerprint density at radius 2 is 2.13 bits per heavy atom. The molecule has 23 heavy (non-hydrogen) atoms. The van der Waals surface area contributed by atoms with E-state index < -0.39 is 0 Å². The number of rotatable bonds is 4. The number of hydrogen-bond donors (Lipinski definition) is 0. The molecule has 1 aliphatic heterocycles. The lowest BCUT2D eigenvalue weighted by molar-refractivity contribution is -0.133. The largest absolute Gasteiger partial charge is 0.454 e. The molecular weight excluding hydrogens is 334 g/mol. The highest BCUT2D eigenvalue weighted by atomic mass is 32.1. The van der Waals surface area contributed by atoms with E-state index in [1.54, 1.807) is 29.5 Å². The van der Waals surface area contributed by atoms with Crippen LogP contribution in [-0.2, 0) is 11.2 Å². The topological polar surface area (TPSA) is 57.7 Å². The minimum Gasteiger partial charge on any atom is -0.454 e. The molecule has 0 spiro atoms. The molecule has 116 valence electrons. The molecule has 7 heteroatoms. The average Bonchev–Trinajstić information content (AvgIpc) is 3.27. The molecule has 4 rings (SSSR count). The van der Waals surface area contributed by atoms with Crippen LogP contribution in [-0.4, -0.2) is 17.7 Å². The van der Waals surface area contributed by atoms with Crippen molar-refractivity contribution in [2.45, 2.75) is 6.42 Å².